The Kier molecular flexibility index (Phi) is 6.16. The van der Waals surface area contributed by atoms with Crippen LogP contribution in [0.25, 0.3) is 0 Å². The van der Waals surface area contributed by atoms with Crippen molar-refractivity contribution in [3.63, 3.8) is 0 Å². The number of nitrogens with one attached hydrogen (secondary N) is 2. The van der Waals surface area contributed by atoms with Crippen molar-refractivity contribution in [2.45, 2.75) is 6.42 Å². The number of nitrogen functional groups attached to an aromatic ring is 1. The Morgan fingerprint density at radius 1 is 1.37 bits per heavy atom. The highest BCUT2D eigenvalue weighted by molar-refractivity contribution is 5.95. The number of amidine groups is 1. The first-order chi connectivity index (χ1) is 9.17. The van der Waals surface area contributed by atoms with Gasteiger partial charge in [0, 0.05) is 18.3 Å². The van der Waals surface area contributed by atoms with Gasteiger partial charge in [-0.1, -0.05) is 30.4 Å². The molecule has 4 N–H and O–H groups in total. The third-order valence-electron chi connectivity index (χ3n) is 2.80. The Labute approximate surface area is 115 Å². The van der Waals surface area contributed by atoms with Gasteiger partial charge in [-0.05, 0) is 36.6 Å². The number of hydrogen-bond donors (Lipinski definition) is 3. The normalized spacial score (nSPS) is 16.2. The molecule has 0 amide bonds. The number of rotatable bonds is 3. The van der Waals surface area contributed by atoms with Crippen LogP contribution in [0.1, 0.15) is 12.0 Å². The molecule has 0 bridgehead atoms. The third-order valence-corrected chi connectivity index (χ3v) is 2.80. The molecule has 1 aromatic carbocycles. The summed E-state index contributed by atoms with van der Waals surface area (Å²) in [7, 11) is 1.85. The van der Waals surface area contributed by atoms with Crippen LogP contribution < -0.4 is 11.1 Å². The minimum absolute atomic E-state index is 0.104. The van der Waals surface area contributed by atoms with Gasteiger partial charge in [0.25, 0.3) is 0 Å². The molecule has 0 aliphatic heterocycles. The molecule has 2 rings (SSSR count). The molecular weight excluding hydrogens is 234 g/mol. The molecule has 1 unspecified atom stereocenters. The van der Waals surface area contributed by atoms with Crippen LogP contribution >= 0.6 is 0 Å². The lowest BCUT2D eigenvalue weighted by atomic mass is 10.0. The fraction of sp³-hybridized carbons (Fsp3) is 0.188. The molecule has 19 heavy (non-hydrogen) atoms. The Bertz CT molecular complexity index is 469. The number of benzene rings is 1. The fourth-order valence-corrected chi connectivity index (χ4v) is 1.59. The van der Waals surface area contributed by atoms with Gasteiger partial charge in [0.15, 0.2) is 0 Å². The molecule has 3 nitrogen and oxygen atoms in total. The highest BCUT2D eigenvalue weighted by Crippen LogP contribution is 2.10. The molecule has 0 heterocycles. The van der Waals surface area contributed by atoms with Crippen LogP contribution in [0.15, 0.2) is 61.2 Å². The zero-order valence-corrected chi connectivity index (χ0v) is 11.3. The number of allylic oxidation sites excluding steroid dienone is 5. The molecule has 1 aliphatic carbocycles. The van der Waals surface area contributed by atoms with Gasteiger partial charge in [-0.25, -0.2) is 0 Å². The molecule has 1 aromatic rings. The maximum absolute atomic E-state index is 7.12. The fourth-order valence-electron chi connectivity index (χ4n) is 1.59. The summed E-state index contributed by atoms with van der Waals surface area (Å²) < 4.78 is 0. The molecule has 0 saturated heterocycles. The zero-order chi connectivity index (χ0) is 14.1. The molecule has 0 fully saturated rings. The summed E-state index contributed by atoms with van der Waals surface area (Å²) in [5, 5.41) is 10.1. The van der Waals surface area contributed by atoms with E-state index in [2.05, 4.69) is 36.2 Å². The van der Waals surface area contributed by atoms with Crippen LogP contribution in [0.4, 0.5) is 5.69 Å². The highest BCUT2D eigenvalue weighted by atomic mass is 14.8. The molecule has 100 valence electrons. The van der Waals surface area contributed by atoms with E-state index in [1.807, 2.05) is 37.4 Å². The maximum atomic E-state index is 7.12. The average molecular weight is 255 g/mol. The van der Waals surface area contributed by atoms with Gasteiger partial charge < -0.3 is 11.1 Å². The first-order valence-electron chi connectivity index (χ1n) is 6.25. The Hall–Kier alpha value is -2.29. The summed E-state index contributed by atoms with van der Waals surface area (Å²) in [5.74, 6) is 0.688. The lowest BCUT2D eigenvalue weighted by molar-refractivity contribution is 0.825. The van der Waals surface area contributed by atoms with Crippen molar-refractivity contribution in [3.8, 4) is 0 Å². The smallest absolute Gasteiger partial charge is 0.122 e. The molecule has 1 atom stereocenters. The molecule has 0 aromatic heterocycles. The first kappa shape index (κ1) is 14.8. The van der Waals surface area contributed by atoms with E-state index in [0.29, 0.717) is 5.92 Å². The van der Waals surface area contributed by atoms with Gasteiger partial charge in [0.1, 0.15) is 5.84 Å². The molecular formula is C16H21N3. The monoisotopic (exact) mass is 255 g/mol. The second-order valence-electron chi connectivity index (χ2n) is 4.19. The van der Waals surface area contributed by atoms with E-state index in [1.165, 1.54) is 0 Å². The van der Waals surface area contributed by atoms with Crippen LogP contribution in [0.3, 0.4) is 0 Å². The second-order valence-corrected chi connectivity index (χ2v) is 4.19. The van der Waals surface area contributed by atoms with E-state index in [1.54, 1.807) is 0 Å². The molecule has 0 saturated carbocycles. The SMILES string of the molecule is C=CC1C=CC=CC1.CNc1ccc(C(=N)N)cc1. The van der Waals surface area contributed by atoms with E-state index in [0.717, 1.165) is 17.7 Å². The standard InChI is InChI=1S/C8H11N3.C8H10/c1-11-7-4-2-6(3-5-7)8(9)10;1-2-8-6-4-3-5-7-8/h2-5,11H,1H3,(H3,9,10);2-6,8H,1,7H2. The highest BCUT2D eigenvalue weighted by Gasteiger charge is 1.96. The summed E-state index contributed by atoms with van der Waals surface area (Å²) >= 11 is 0. The summed E-state index contributed by atoms with van der Waals surface area (Å²) in [6.07, 6.45) is 11.6. The van der Waals surface area contributed by atoms with Gasteiger partial charge in [-0.2, -0.15) is 0 Å². The van der Waals surface area contributed by atoms with Crippen LogP contribution in [0.5, 0.6) is 0 Å². The van der Waals surface area contributed by atoms with Crippen molar-refractivity contribution in [3.05, 3.63) is 66.8 Å². The predicted octanol–water partition coefficient (Wildman–Crippen LogP) is 3.32. The molecule has 1 aliphatic rings. The number of hydrogen-bond acceptors (Lipinski definition) is 2. The van der Waals surface area contributed by atoms with E-state index < -0.39 is 0 Å². The lowest BCUT2D eigenvalue weighted by Gasteiger charge is -2.04. The van der Waals surface area contributed by atoms with E-state index >= 15 is 0 Å². The summed E-state index contributed by atoms with van der Waals surface area (Å²) in [6, 6.07) is 7.40. The van der Waals surface area contributed by atoms with E-state index in [9.17, 15) is 0 Å². The van der Waals surface area contributed by atoms with Gasteiger partial charge in [-0.15, -0.1) is 6.58 Å². The average Bonchev–Trinajstić information content (AvgIpc) is 2.48. The van der Waals surface area contributed by atoms with Crippen molar-refractivity contribution >= 4 is 11.5 Å². The maximum Gasteiger partial charge on any atom is 0.122 e. The number of anilines is 1. The predicted molar refractivity (Wildman–Crippen MR) is 83.6 cm³/mol. The Morgan fingerprint density at radius 3 is 2.42 bits per heavy atom. The van der Waals surface area contributed by atoms with Crippen LogP contribution in [0, 0.1) is 11.3 Å². The minimum Gasteiger partial charge on any atom is -0.388 e. The number of nitrogens with two attached hydrogens (primary N) is 1. The summed E-state index contributed by atoms with van der Waals surface area (Å²) in [5.41, 5.74) is 7.05. The van der Waals surface area contributed by atoms with Gasteiger partial charge in [0.05, 0.1) is 0 Å². The van der Waals surface area contributed by atoms with Crippen LogP contribution in [0.2, 0.25) is 0 Å². The van der Waals surface area contributed by atoms with Crippen LogP contribution in [-0.4, -0.2) is 12.9 Å². The Balaban J connectivity index is 0.000000200. The third kappa shape index (κ3) is 5.25. The Morgan fingerprint density at radius 2 is 2.05 bits per heavy atom. The zero-order valence-electron chi connectivity index (χ0n) is 11.3. The van der Waals surface area contributed by atoms with E-state index in [-0.39, 0.29) is 5.84 Å². The molecule has 0 spiro atoms. The first-order valence-corrected chi connectivity index (χ1v) is 6.25. The van der Waals surface area contributed by atoms with Gasteiger partial charge in [-0.3, -0.25) is 5.41 Å². The lowest BCUT2D eigenvalue weighted by Crippen LogP contribution is -2.10. The minimum atomic E-state index is 0.104. The summed E-state index contributed by atoms with van der Waals surface area (Å²) in [4.78, 5) is 0. The second kappa shape index (κ2) is 7.93. The van der Waals surface area contributed by atoms with Crippen LogP contribution in [-0.2, 0) is 0 Å². The molecule has 3 heteroatoms. The largest absolute Gasteiger partial charge is 0.388 e. The van der Waals surface area contributed by atoms with Crippen molar-refractivity contribution in [2.24, 2.45) is 11.7 Å². The van der Waals surface area contributed by atoms with Crippen molar-refractivity contribution in [1.29, 1.82) is 5.41 Å². The van der Waals surface area contributed by atoms with E-state index in [4.69, 9.17) is 11.1 Å². The van der Waals surface area contributed by atoms with Crippen molar-refractivity contribution in [1.82, 2.24) is 0 Å². The van der Waals surface area contributed by atoms with Gasteiger partial charge in [0.2, 0.25) is 0 Å². The molecule has 0 radical (unpaired) electrons. The quantitative estimate of drug-likeness (QED) is 0.441. The van der Waals surface area contributed by atoms with Crippen molar-refractivity contribution in [2.75, 3.05) is 12.4 Å². The topological polar surface area (TPSA) is 61.9 Å². The van der Waals surface area contributed by atoms with Gasteiger partial charge >= 0.3 is 0 Å². The van der Waals surface area contributed by atoms with Crippen molar-refractivity contribution < 1.29 is 0 Å². The summed E-state index contributed by atoms with van der Waals surface area (Å²) in [6.45, 7) is 3.70.